The molecule has 0 bridgehead atoms. The minimum Gasteiger partial charge on any atom is -0.312 e. The van der Waals surface area contributed by atoms with E-state index in [0.29, 0.717) is 5.92 Å². The van der Waals surface area contributed by atoms with Gasteiger partial charge in [-0.05, 0) is 69.0 Å². The highest BCUT2D eigenvalue weighted by Gasteiger charge is 2.29. The van der Waals surface area contributed by atoms with E-state index in [1.807, 2.05) is 0 Å². The van der Waals surface area contributed by atoms with E-state index < -0.39 is 0 Å². The molecule has 112 valence electrons. The van der Waals surface area contributed by atoms with Gasteiger partial charge in [-0.15, -0.1) is 0 Å². The number of benzene rings is 1. The standard InChI is InChI=1S/C19H31N/c1-14(2)15-9-11-16(12-10-15)18-8-6-7-17(18)13-20-19(3,4)5/h9-12,14,17-18,20H,6-8,13H2,1-5H3. The summed E-state index contributed by atoms with van der Waals surface area (Å²) in [5, 5.41) is 3.69. The molecule has 1 heteroatoms. The van der Waals surface area contributed by atoms with Crippen LogP contribution < -0.4 is 5.32 Å². The van der Waals surface area contributed by atoms with Gasteiger partial charge in [-0.1, -0.05) is 44.5 Å². The van der Waals surface area contributed by atoms with Crippen molar-refractivity contribution in [3.8, 4) is 0 Å². The van der Waals surface area contributed by atoms with Crippen LogP contribution in [0.3, 0.4) is 0 Å². The predicted octanol–water partition coefficient (Wildman–Crippen LogP) is 5.08. The molecule has 2 rings (SSSR count). The van der Waals surface area contributed by atoms with Crippen molar-refractivity contribution in [2.45, 2.75) is 71.3 Å². The molecule has 1 aliphatic rings. The highest BCUT2D eigenvalue weighted by atomic mass is 14.9. The number of nitrogens with one attached hydrogen (secondary N) is 1. The molecule has 1 aromatic rings. The van der Waals surface area contributed by atoms with Crippen LogP contribution in [0.5, 0.6) is 0 Å². The van der Waals surface area contributed by atoms with E-state index in [1.54, 1.807) is 5.56 Å². The Morgan fingerprint density at radius 3 is 2.30 bits per heavy atom. The molecule has 0 aromatic heterocycles. The second-order valence-electron chi connectivity index (χ2n) is 7.75. The summed E-state index contributed by atoms with van der Waals surface area (Å²) in [5.41, 5.74) is 3.23. The first-order valence-corrected chi connectivity index (χ1v) is 8.22. The maximum atomic E-state index is 3.69. The Kier molecular flexibility index (Phi) is 4.90. The van der Waals surface area contributed by atoms with E-state index in [-0.39, 0.29) is 5.54 Å². The van der Waals surface area contributed by atoms with E-state index in [0.717, 1.165) is 18.4 Å². The Balaban J connectivity index is 2.03. The minimum atomic E-state index is 0.231. The van der Waals surface area contributed by atoms with Crippen molar-refractivity contribution < 1.29 is 0 Å². The zero-order valence-electron chi connectivity index (χ0n) is 13.9. The van der Waals surface area contributed by atoms with E-state index >= 15 is 0 Å². The van der Waals surface area contributed by atoms with Crippen molar-refractivity contribution >= 4 is 0 Å². The van der Waals surface area contributed by atoms with Crippen LogP contribution in [0, 0.1) is 5.92 Å². The normalized spacial score (nSPS) is 23.5. The van der Waals surface area contributed by atoms with Crippen LogP contribution in [0.4, 0.5) is 0 Å². The second-order valence-corrected chi connectivity index (χ2v) is 7.75. The fourth-order valence-corrected chi connectivity index (χ4v) is 3.29. The zero-order chi connectivity index (χ0) is 14.8. The van der Waals surface area contributed by atoms with Gasteiger partial charge in [0.15, 0.2) is 0 Å². The lowest BCUT2D eigenvalue weighted by atomic mass is 9.87. The van der Waals surface area contributed by atoms with E-state index in [4.69, 9.17) is 0 Å². The second kappa shape index (κ2) is 6.30. The lowest BCUT2D eigenvalue weighted by Crippen LogP contribution is -2.39. The Bertz CT molecular complexity index is 410. The van der Waals surface area contributed by atoms with Gasteiger partial charge in [0.1, 0.15) is 0 Å². The van der Waals surface area contributed by atoms with Crippen molar-refractivity contribution in [2.75, 3.05) is 6.54 Å². The van der Waals surface area contributed by atoms with Crippen LogP contribution in [-0.4, -0.2) is 12.1 Å². The molecule has 1 fully saturated rings. The number of hydrogen-bond donors (Lipinski definition) is 1. The first kappa shape index (κ1) is 15.6. The molecule has 1 nitrogen and oxygen atoms in total. The molecule has 0 radical (unpaired) electrons. The van der Waals surface area contributed by atoms with Crippen molar-refractivity contribution in [3.63, 3.8) is 0 Å². The molecule has 1 N–H and O–H groups in total. The quantitative estimate of drug-likeness (QED) is 0.806. The summed E-state index contributed by atoms with van der Waals surface area (Å²) < 4.78 is 0. The third-order valence-electron chi connectivity index (χ3n) is 4.58. The largest absolute Gasteiger partial charge is 0.312 e. The smallest absolute Gasteiger partial charge is 0.00966 e. The number of hydrogen-bond acceptors (Lipinski definition) is 1. The highest BCUT2D eigenvalue weighted by molar-refractivity contribution is 5.28. The van der Waals surface area contributed by atoms with Crippen LogP contribution in [-0.2, 0) is 0 Å². The minimum absolute atomic E-state index is 0.231. The van der Waals surface area contributed by atoms with E-state index in [2.05, 4.69) is 64.2 Å². The van der Waals surface area contributed by atoms with Gasteiger partial charge in [0, 0.05) is 5.54 Å². The molecule has 0 spiro atoms. The van der Waals surface area contributed by atoms with Gasteiger partial charge < -0.3 is 5.32 Å². The summed E-state index contributed by atoms with van der Waals surface area (Å²) in [5.74, 6) is 2.19. The third kappa shape index (κ3) is 4.09. The molecule has 20 heavy (non-hydrogen) atoms. The van der Waals surface area contributed by atoms with Crippen LogP contribution in [0.2, 0.25) is 0 Å². The van der Waals surface area contributed by atoms with Gasteiger partial charge in [-0.3, -0.25) is 0 Å². The molecule has 1 aliphatic carbocycles. The van der Waals surface area contributed by atoms with Crippen molar-refractivity contribution in [1.82, 2.24) is 5.32 Å². The molecule has 0 aliphatic heterocycles. The Hall–Kier alpha value is -0.820. The van der Waals surface area contributed by atoms with Crippen LogP contribution in [0.15, 0.2) is 24.3 Å². The molecule has 1 aromatic carbocycles. The van der Waals surface area contributed by atoms with E-state index in [9.17, 15) is 0 Å². The molecule has 0 amide bonds. The summed E-state index contributed by atoms with van der Waals surface area (Å²) >= 11 is 0. The Morgan fingerprint density at radius 1 is 1.10 bits per heavy atom. The van der Waals surface area contributed by atoms with Gasteiger partial charge in [0.2, 0.25) is 0 Å². The van der Waals surface area contributed by atoms with Crippen LogP contribution >= 0.6 is 0 Å². The third-order valence-corrected chi connectivity index (χ3v) is 4.58. The first-order chi connectivity index (χ1) is 9.37. The van der Waals surface area contributed by atoms with Crippen molar-refractivity contribution in [3.05, 3.63) is 35.4 Å². The fourth-order valence-electron chi connectivity index (χ4n) is 3.29. The molecule has 0 saturated heterocycles. The van der Waals surface area contributed by atoms with Crippen molar-refractivity contribution in [2.24, 2.45) is 5.92 Å². The number of rotatable bonds is 4. The monoisotopic (exact) mass is 273 g/mol. The average Bonchev–Trinajstić information content (AvgIpc) is 2.84. The van der Waals surface area contributed by atoms with E-state index in [1.165, 1.54) is 24.8 Å². The molecule has 1 saturated carbocycles. The van der Waals surface area contributed by atoms with Gasteiger partial charge in [0.25, 0.3) is 0 Å². The average molecular weight is 273 g/mol. The summed E-state index contributed by atoms with van der Waals surface area (Å²) in [6, 6.07) is 9.39. The van der Waals surface area contributed by atoms with Gasteiger partial charge in [-0.2, -0.15) is 0 Å². The fraction of sp³-hybridized carbons (Fsp3) is 0.684. The van der Waals surface area contributed by atoms with Crippen molar-refractivity contribution in [1.29, 1.82) is 0 Å². The predicted molar refractivity (Wildman–Crippen MR) is 88.4 cm³/mol. The summed E-state index contributed by atoms with van der Waals surface area (Å²) in [4.78, 5) is 0. The van der Waals surface area contributed by atoms with Gasteiger partial charge in [0.05, 0.1) is 0 Å². The molecule has 0 heterocycles. The van der Waals surface area contributed by atoms with Crippen LogP contribution in [0.25, 0.3) is 0 Å². The Labute approximate surface area is 125 Å². The Morgan fingerprint density at radius 2 is 1.75 bits per heavy atom. The topological polar surface area (TPSA) is 12.0 Å². The van der Waals surface area contributed by atoms with Crippen LogP contribution in [0.1, 0.15) is 76.8 Å². The first-order valence-electron chi connectivity index (χ1n) is 8.22. The highest BCUT2D eigenvalue weighted by Crippen LogP contribution is 2.39. The van der Waals surface area contributed by atoms with Gasteiger partial charge >= 0.3 is 0 Å². The summed E-state index contributed by atoms with van der Waals surface area (Å²) in [7, 11) is 0. The maximum absolute atomic E-state index is 3.69. The molecule has 2 atom stereocenters. The molecule has 2 unspecified atom stereocenters. The van der Waals surface area contributed by atoms with Gasteiger partial charge in [-0.25, -0.2) is 0 Å². The zero-order valence-corrected chi connectivity index (χ0v) is 13.9. The molecular formula is C19H31N. The summed E-state index contributed by atoms with van der Waals surface area (Å²) in [6.07, 6.45) is 4.12. The molecular weight excluding hydrogens is 242 g/mol. The summed E-state index contributed by atoms with van der Waals surface area (Å²) in [6.45, 7) is 12.5. The SMILES string of the molecule is CC(C)c1ccc(C2CCCC2CNC(C)(C)C)cc1. The maximum Gasteiger partial charge on any atom is 0.00966 e. The lowest BCUT2D eigenvalue weighted by molar-refractivity contribution is 0.356. The lowest BCUT2D eigenvalue weighted by Gasteiger charge is -2.27.